The number of carbonyl (C=O) groups excluding carboxylic acids is 1. The molecule has 0 atom stereocenters. The molecule has 116 valence electrons. The minimum Gasteiger partial charge on any atom is -0.384 e. The Morgan fingerprint density at radius 1 is 1.14 bits per heavy atom. The molecule has 2 rings (SSSR count). The summed E-state index contributed by atoms with van der Waals surface area (Å²) in [6, 6.07) is 10.5. The molecule has 0 aliphatic carbocycles. The van der Waals surface area contributed by atoms with Gasteiger partial charge >= 0.3 is 0 Å². The third kappa shape index (κ3) is 5.04. The van der Waals surface area contributed by atoms with Crippen LogP contribution in [0, 0.1) is 5.92 Å². The molecule has 0 unspecified atom stereocenters. The predicted octanol–water partition coefficient (Wildman–Crippen LogP) is 4.45. The van der Waals surface area contributed by atoms with E-state index in [1.54, 1.807) is 36.5 Å². The fourth-order valence-corrected chi connectivity index (χ4v) is 1.99. The second-order valence-electron chi connectivity index (χ2n) is 5.50. The number of hydrogen-bond acceptors (Lipinski definition) is 3. The van der Waals surface area contributed by atoms with E-state index in [1.165, 1.54) is 0 Å². The molecule has 2 aromatic rings. The fourth-order valence-electron chi connectivity index (χ4n) is 1.87. The molecule has 1 amide bonds. The molecule has 0 radical (unpaired) electrons. The zero-order chi connectivity index (χ0) is 15.9. The normalized spacial score (nSPS) is 10.5. The van der Waals surface area contributed by atoms with E-state index in [2.05, 4.69) is 29.5 Å². The van der Waals surface area contributed by atoms with E-state index in [9.17, 15) is 4.79 Å². The molecular formula is C17H20ClN3O. The van der Waals surface area contributed by atoms with Gasteiger partial charge in [-0.1, -0.05) is 25.4 Å². The molecule has 5 heteroatoms. The van der Waals surface area contributed by atoms with E-state index in [0.717, 1.165) is 18.7 Å². The Hall–Kier alpha value is -2.07. The number of carbonyl (C=O) groups is 1. The Balaban J connectivity index is 1.91. The average Bonchev–Trinajstić information content (AvgIpc) is 2.50. The van der Waals surface area contributed by atoms with Crippen molar-refractivity contribution < 1.29 is 4.79 Å². The molecule has 0 fully saturated rings. The first kappa shape index (κ1) is 16.3. The second kappa shape index (κ2) is 7.80. The van der Waals surface area contributed by atoms with Crippen molar-refractivity contribution in [2.45, 2.75) is 20.3 Å². The lowest BCUT2D eigenvalue weighted by molar-refractivity contribution is 0.102. The highest BCUT2D eigenvalue weighted by molar-refractivity contribution is 6.30. The predicted molar refractivity (Wildman–Crippen MR) is 91.6 cm³/mol. The molecule has 0 bridgehead atoms. The molecule has 0 saturated heterocycles. The van der Waals surface area contributed by atoms with Crippen LogP contribution in [0.15, 0.2) is 42.6 Å². The van der Waals surface area contributed by atoms with Gasteiger partial charge in [0.15, 0.2) is 0 Å². The standard InChI is InChI=1S/C17H20ClN3O/c1-12(2)9-10-19-15-7-8-16(20-11-15)17(22)21-14-5-3-13(18)4-6-14/h3-8,11-12,19H,9-10H2,1-2H3,(H,21,22). The highest BCUT2D eigenvalue weighted by atomic mass is 35.5. The lowest BCUT2D eigenvalue weighted by atomic mass is 10.1. The maximum Gasteiger partial charge on any atom is 0.274 e. The quantitative estimate of drug-likeness (QED) is 0.827. The Bertz CT molecular complexity index is 609. The molecular weight excluding hydrogens is 298 g/mol. The third-order valence-corrected chi connectivity index (χ3v) is 3.40. The van der Waals surface area contributed by atoms with Crippen LogP contribution in [0.3, 0.4) is 0 Å². The summed E-state index contributed by atoms with van der Waals surface area (Å²) in [7, 11) is 0. The average molecular weight is 318 g/mol. The fraction of sp³-hybridized carbons (Fsp3) is 0.294. The van der Waals surface area contributed by atoms with E-state index >= 15 is 0 Å². The summed E-state index contributed by atoms with van der Waals surface area (Å²) in [4.78, 5) is 16.3. The van der Waals surface area contributed by atoms with E-state index in [1.807, 2.05) is 6.07 Å². The Kier molecular flexibility index (Phi) is 5.78. The summed E-state index contributed by atoms with van der Waals surface area (Å²) in [5, 5.41) is 6.70. The van der Waals surface area contributed by atoms with Gasteiger partial charge in [0, 0.05) is 17.3 Å². The molecule has 1 aromatic carbocycles. The van der Waals surface area contributed by atoms with Crippen molar-refractivity contribution in [2.24, 2.45) is 5.92 Å². The summed E-state index contributed by atoms with van der Waals surface area (Å²) in [5.41, 5.74) is 1.99. The molecule has 1 aromatic heterocycles. The van der Waals surface area contributed by atoms with Crippen molar-refractivity contribution >= 4 is 28.9 Å². The van der Waals surface area contributed by atoms with Gasteiger partial charge in [0.2, 0.25) is 0 Å². The first-order chi connectivity index (χ1) is 10.5. The van der Waals surface area contributed by atoms with Crippen LogP contribution in [0.4, 0.5) is 11.4 Å². The Labute approximate surface area is 135 Å². The van der Waals surface area contributed by atoms with E-state index in [0.29, 0.717) is 22.3 Å². The zero-order valence-electron chi connectivity index (χ0n) is 12.8. The summed E-state index contributed by atoms with van der Waals surface area (Å²) in [6.07, 6.45) is 2.77. The van der Waals surface area contributed by atoms with Crippen molar-refractivity contribution in [1.82, 2.24) is 4.98 Å². The van der Waals surface area contributed by atoms with Crippen LogP contribution >= 0.6 is 11.6 Å². The minimum absolute atomic E-state index is 0.240. The van der Waals surface area contributed by atoms with Gasteiger partial charge in [0.25, 0.3) is 5.91 Å². The zero-order valence-corrected chi connectivity index (χ0v) is 13.5. The molecule has 0 aliphatic rings. The molecule has 1 heterocycles. The minimum atomic E-state index is -0.240. The van der Waals surface area contributed by atoms with Gasteiger partial charge < -0.3 is 10.6 Å². The summed E-state index contributed by atoms with van der Waals surface area (Å²) in [6.45, 7) is 5.27. The third-order valence-electron chi connectivity index (χ3n) is 3.15. The van der Waals surface area contributed by atoms with E-state index in [4.69, 9.17) is 11.6 Å². The number of amides is 1. The number of nitrogens with one attached hydrogen (secondary N) is 2. The number of benzene rings is 1. The molecule has 0 aliphatic heterocycles. The van der Waals surface area contributed by atoms with Gasteiger partial charge in [-0.15, -0.1) is 0 Å². The van der Waals surface area contributed by atoms with Gasteiger partial charge in [-0.25, -0.2) is 4.98 Å². The summed E-state index contributed by atoms with van der Waals surface area (Å²) in [5.74, 6) is 0.418. The molecule has 2 N–H and O–H groups in total. The second-order valence-corrected chi connectivity index (χ2v) is 5.94. The smallest absolute Gasteiger partial charge is 0.274 e. The maximum atomic E-state index is 12.1. The van der Waals surface area contributed by atoms with Crippen LogP contribution in [0.25, 0.3) is 0 Å². The number of nitrogens with zero attached hydrogens (tertiary/aromatic N) is 1. The largest absolute Gasteiger partial charge is 0.384 e. The topological polar surface area (TPSA) is 54.0 Å². The van der Waals surface area contributed by atoms with Gasteiger partial charge in [0.1, 0.15) is 5.69 Å². The van der Waals surface area contributed by atoms with Crippen LogP contribution < -0.4 is 10.6 Å². The van der Waals surface area contributed by atoms with Crippen LogP contribution in [0.5, 0.6) is 0 Å². The number of hydrogen-bond donors (Lipinski definition) is 2. The number of pyridine rings is 1. The molecule has 0 spiro atoms. The van der Waals surface area contributed by atoms with Crippen molar-refractivity contribution in [3.63, 3.8) is 0 Å². The number of halogens is 1. The van der Waals surface area contributed by atoms with Gasteiger partial charge in [-0.2, -0.15) is 0 Å². The first-order valence-corrected chi connectivity index (χ1v) is 7.69. The SMILES string of the molecule is CC(C)CCNc1ccc(C(=O)Nc2ccc(Cl)cc2)nc1. The Morgan fingerprint density at radius 2 is 1.82 bits per heavy atom. The van der Waals surface area contributed by atoms with E-state index in [-0.39, 0.29) is 5.91 Å². The van der Waals surface area contributed by atoms with Crippen molar-refractivity contribution in [3.05, 3.63) is 53.3 Å². The van der Waals surface area contributed by atoms with Gasteiger partial charge in [0.05, 0.1) is 11.9 Å². The highest BCUT2D eigenvalue weighted by Gasteiger charge is 2.07. The molecule has 22 heavy (non-hydrogen) atoms. The monoisotopic (exact) mass is 317 g/mol. The summed E-state index contributed by atoms with van der Waals surface area (Å²) < 4.78 is 0. The van der Waals surface area contributed by atoms with Crippen LogP contribution in [0.2, 0.25) is 5.02 Å². The van der Waals surface area contributed by atoms with Crippen LogP contribution in [-0.4, -0.2) is 17.4 Å². The van der Waals surface area contributed by atoms with Crippen LogP contribution in [0.1, 0.15) is 30.8 Å². The van der Waals surface area contributed by atoms with Gasteiger partial charge in [-0.05, 0) is 48.7 Å². The van der Waals surface area contributed by atoms with Crippen LogP contribution in [-0.2, 0) is 0 Å². The maximum absolute atomic E-state index is 12.1. The lowest BCUT2D eigenvalue weighted by Gasteiger charge is -2.09. The van der Waals surface area contributed by atoms with E-state index < -0.39 is 0 Å². The van der Waals surface area contributed by atoms with Gasteiger partial charge in [-0.3, -0.25) is 4.79 Å². The van der Waals surface area contributed by atoms with Crippen molar-refractivity contribution in [3.8, 4) is 0 Å². The first-order valence-electron chi connectivity index (χ1n) is 7.31. The number of rotatable bonds is 6. The number of aromatic nitrogens is 1. The molecule has 4 nitrogen and oxygen atoms in total. The van der Waals surface area contributed by atoms with Crippen molar-refractivity contribution in [2.75, 3.05) is 17.2 Å². The lowest BCUT2D eigenvalue weighted by Crippen LogP contribution is -2.13. The molecule has 0 saturated carbocycles. The number of anilines is 2. The highest BCUT2D eigenvalue weighted by Crippen LogP contribution is 2.14. The Morgan fingerprint density at radius 3 is 2.41 bits per heavy atom. The summed E-state index contributed by atoms with van der Waals surface area (Å²) >= 11 is 5.81. The van der Waals surface area contributed by atoms with Crippen molar-refractivity contribution in [1.29, 1.82) is 0 Å².